The first kappa shape index (κ1) is 15.7. The molecule has 2 N–H and O–H groups in total. The predicted octanol–water partition coefficient (Wildman–Crippen LogP) is 2.16. The van der Waals surface area contributed by atoms with E-state index in [4.69, 9.17) is 5.73 Å². The molecule has 0 spiro atoms. The number of hydrogen-bond donors (Lipinski definition) is 1. The van der Waals surface area contributed by atoms with Crippen molar-refractivity contribution in [2.75, 3.05) is 19.6 Å². The fraction of sp³-hybridized carbons (Fsp3) is 0.529. The first-order valence-corrected chi connectivity index (χ1v) is 7.51. The number of likely N-dealkylation sites (tertiary alicyclic amines) is 1. The fourth-order valence-corrected chi connectivity index (χ4v) is 2.67. The minimum absolute atomic E-state index is 0.0316. The van der Waals surface area contributed by atoms with Gasteiger partial charge in [0.25, 0.3) is 0 Å². The lowest BCUT2D eigenvalue weighted by Crippen LogP contribution is -2.34. The van der Waals surface area contributed by atoms with Crippen LogP contribution in [0.25, 0.3) is 0 Å². The summed E-state index contributed by atoms with van der Waals surface area (Å²) in [7, 11) is 0. The number of benzene rings is 1. The summed E-state index contributed by atoms with van der Waals surface area (Å²) in [6.45, 7) is 6.16. The van der Waals surface area contributed by atoms with Gasteiger partial charge in [0.1, 0.15) is 0 Å². The van der Waals surface area contributed by atoms with Gasteiger partial charge in [-0.05, 0) is 25.3 Å². The van der Waals surface area contributed by atoms with Crippen LogP contribution in [0.4, 0.5) is 0 Å². The average molecular weight is 288 g/mol. The zero-order chi connectivity index (χ0) is 15.5. The second-order valence-electron chi connectivity index (χ2n) is 6.37. The van der Waals surface area contributed by atoms with Crippen LogP contribution in [0.1, 0.15) is 42.1 Å². The van der Waals surface area contributed by atoms with Gasteiger partial charge in [-0.3, -0.25) is 9.59 Å². The number of Topliss-reactive ketones (excluding diaryl/α,β-unsaturated/α-hetero) is 1. The SMILES string of the molecule is Cc1ccc(C(=O)CCC(=O)N2CCC(C)(CN)C2)cc1. The van der Waals surface area contributed by atoms with E-state index in [0.717, 1.165) is 18.5 Å². The Kier molecular flexibility index (Phi) is 4.78. The number of ketones is 1. The number of amides is 1. The van der Waals surface area contributed by atoms with E-state index in [1.807, 2.05) is 36.1 Å². The Labute approximate surface area is 126 Å². The van der Waals surface area contributed by atoms with Crippen molar-refractivity contribution in [2.24, 2.45) is 11.1 Å². The third-order valence-corrected chi connectivity index (χ3v) is 4.34. The van der Waals surface area contributed by atoms with Crippen molar-refractivity contribution in [3.05, 3.63) is 35.4 Å². The number of carbonyl (C=O) groups is 2. The van der Waals surface area contributed by atoms with Gasteiger partial charge >= 0.3 is 0 Å². The highest BCUT2D eigenvalue weighted by molar-refractivity contribution is 5.98. The smallest absolute Gasteiger partial charge is 0.223 e. The molecule has 0 bridgehead atoms. The summed E-state index contributed by atoms with van der Waals surface area (Å²) in [4.78, 5) is 26.1. The van der Waals surface area contributed by atoms with Gasteiger partial charge in [0, 0.05) is 31.5 Å². The maximum Gasteiger partial charge on any atom is 0.223 e. The van der Waals surface area contributed by atoms with Crippen LogP contribution >= 0.6 is 0 Å². The van der Waals surface area contributed by atoms with Gasteiger partial charge in [-0.2, -0.15) is 0 Å². The molecule has 1 amide bonds. The standard InChI is InChI=1S/C17H24N2O2/c1-13-3-5-14(6-4-13)15(20)7-8-16(21)19-10-9-17(2,11-18)12-19/h3-6H,7-12,18H2,1-2H3. The zero-order valence-corrected chi connectivity index (χ0v) is 12.9. The van der Waals surface area contributed by atoms with Crippen molar-refractivity contribution in [3.63, 3.8) is 0 Å². The zero-order valence-electron chi connectivity index (χ0n) is 12.9. The Balaban J connectivity index is 1.84. The lowest BCUT2D eigenvalue weighted by Gasteiger charge is -2.22. The summed E-state index contributed by atoms with van der Waals surface area (Å²) in [5.41, 5.74) is 7.59. The van der Waals surface area contributed by atoms with E-state index in [2.05, 4.69) is 6.92 Å². The monoisotopic (exact) mass is 288 g/mol. The summed E-state index contributed by atoms with van der Waals surface area (Å²) < 4.78 is 0. The number of nitrogens with zero attached hydrogens (tertiary/aromatic N) is 1. The van der Waals surface area contributed by atoms with Crippen LogP contribution < -0.4 is 5.73 Å². The molecule has 1 fully saturated rings. The quantitative estimate of drug-likeness (QED) is 0.844. The molecule has 21 heavy (non-hydrogen) atoms. The maximum absolute atomic E-state index is 12.2. The van der Waals surface area contributed by atoms with Gasteiger partial charge in [0.2, 0.25) is 5.91 Å². The lowest BCUT2D eigenvalue weighted by molar-refractivity contribution is -0.130. The average Bonchev–Trinajstić information content (AvgIpc) is 2.88. The molecule has 1 unspecified atom stereocenters. The Morgan fingerprint density at radius 2 is 1.90 bits per heavy atom. The normalized spacial score (nSPS) is 21.6. The molecule has 1 saturated heterocycles. The summed E-state index contributed by atoms with van der Waals surface area (Å²) in [5.74, 6) is 0.0942. The predicted molar refractivity (Wildman–Crippen MR) is 83.1 cm³/mol. The largest absolute Gasteiger partial charge is 0.342 e. The van der Waals surface area contributed by atoms with Gasteiger partial charge in [-0.1, -0.05) is 36.8 Å². The molecule has 1 aliphatic heterocycles. The minimum atomic E-state index is 0.0316. The Morgan fingerprint density at radius 3 is 2.48 bits per heavy atom. The van der Waals surface area contributed by atoms with Gasteiger partial charge < -0.3 is 10.6 Å². The molecule has 114 valence electrons. The molecule has 1 aromatic rings. The van der Waals surface area contributed by atoms with Crippen molar-refractivity contribution in [2.45, 2.75) is 33.1 Å². The molecule has 0 saturated carbocycles. The number of aryl methyl sites for hydroxylation is 1. The van der Waals surface area contributed by atoms with Crippen molar-refractivity contribution in [1.29, 1.82) is 0 Å². The third-order valence-electron chi connectivity index (χ3n) is 4.34. The second-order valence-corrected chi connectivity index (χ2v) is 6.37. The highest BCUT2D eigenvalue weighted by Crippen LogP contribution is 2.28. The van der Waals surface area contributed by atoms with Crippen LogP contribution in [0.5, 0.6) is 0 Å². The van der Waals surface area contributed by atoms with Gasteiger partial charge in [-0.25, -0.2) is 0 Å². The van der Waals surface area contributed by atoms with Crippen molar-refractivity contribution >= 4 is 11.7 Å². The van der Waals surface area contributed by atoms with Crippen LogP contribution in [0.3, 0.4) is 0 Å². The Bertz CT molecular complexity index is 524. The molecule has 0 aromatic heterocycles. The summed E-state index contributed by atoms with van der Waals surface area (Å²) >= 11 is 0. The Morgan fingerprint density at radius 1 is 1.24 bits per heavy atom. The van der Waals surface area contributed by atoms with E-state index < -0.39 is 0 Å². The molecule has 4 nitrogen and oxygen atoms in total. The molecule has 0 aliphatic carbocycles. The molecular weight excluding hydrogens is 264 g/mol. The van der Waals surface area contributed by atoms with Crippen molar-refractivity contribution in [1.82, 2.24) is 4.90 Å². The van der Waals surface area contributed by atoms with E-state index in [9.17, 15) is 9.59 Å². The highest BCUT2D eigenvalue weighted by Gasteiger charge is 2.34. The number of hydrogen-bond acceptors (Lipinski definition) is 3. The highest BCUT2D eigenvalue weighted by atomic mass is 16.2. The molecule has 2 rings (SSSR count). The summed E-state index contributed by atoms with van der Waals surface area (Å²) in [6.07, 6.45) is 1.51. The third kappa shape index (κ3) is 3.91. The van der Waals surface area contributed by atoms with Crippen LogP contribution in [0.15, 0.2) is 24.3 Å². The molecular formula is C17H24N2O2. The number of carbonyl (C=O) groups excluding carboxylic acids is 2. The number of rotatable bonds is 5. The number of nitrogens with two attached hydrogens (primary N) is 1. The van der Waals surface area contributed by atoms with Gasteiger partial charge in [0.15, 0.2) is 5.78 Å². The molecule has 1 aromatic carbocycles. The van der Waals surface area contributed by atoms with E-state index in [-0.39, 0.29) is 29.9 Å². The minimum Gasteiger partial charge on any atom is -0.342 e. The van der Waals surface area contributed by atoms with E-state index >= 15 is 0 Å². The van der Waals surface area contributed by atoms with Crippen LogP contribution in [-0.4, -0.2) is 36.2 Å². The van der Waals surface area contributed by atoms with Gasteiger partial charge in [-0.15, -0.1) is 0 Å². The first-order valence-electron chi connectivity index (χ1n) is 7.51. The summed E-state index contributed by atoms with van der Waals surface area (Å²) in [6, 6.07) is 7.48. The topological polar surface area (TPSA) is 63.4 Å². The lowest BCUT2D eigenvalue weighted by atomic mass is 9.90. The molecule has 1 atom stereocenters. The van der Waals surface area contributed by atoms with E-state index in [1.165, 1.54) is 0 Å². The van der Waals surface area contributed by atoms with E-state index in [1.54, 1.807) is 0 Å². The van der Waals surface area contributed by atoms with Gasteiger partial charge in [0.05, 0.1) is 0 Å². The first-order chi connectivity index (χ1) is 9.93. The molecule has 0 radical (unpaired) electrons. The Hall–Kier alpha value is -1.68. The van der Waals surface area contributed by atoms with Crippen molar-refractivity contribution in [3.8, 4) is 0 Å². The van der Waals surface area contributed by atoms with Crippen molar-refractivity contribution < 1.29 is 9.59 Å². The fourth-order valence-electron chi connectivity index (χ4n) is 2.67. The maximum atomic E-state index is 12.2. The van der Waals surface area contributed by atoms with Crippen LogP contribution in [0.2, 0.25) is 0 Å². The summed E-state index contributed by atoms with van der Waals surface area (Å²) in [5, 5.41) is 0. The molecule has 4 heteroatoms. The van der Waals surface area contributed by atoms with Crippen LogP contribution in [-0.2, 0) is 4.79 Å². The molecule has 1 aliphatic rings. The molecule has 1 heterocycles. The second kappa shape index (κ2) is 6.39. The van der Waals surface area contributed by atoms with Crippen LogP contribution in [0, 0.1) is 12.3 Å². The van der Waals surface area contributed by atoms with E-state index in [0.29, 0.717) is 18.7 Å².